The van der Waals surface area contributed by atoms with Gasteiger partial charge in [0, 0.05) is 16.8 Å². The molecule has 0 bridgehead atoms. The van der Waals surface area contributed by atoms with Crippen molar-refractivity contribution in [2.45, 2.75) is 33.3 Å². The highest BCUT2D eigenvalue weighted by Gasteiger charge is 2.23. The van der Waals surface area contributed by atoms with Crippen molar-refractivity contribution < 1.29 is 19.1 Å². The van der Waals surface area contributed by atoms with Crippen molar-refractivity contribution in [3.8, 4) is 0 Å². The van der Waals surface area contributed by atoms with Crippen LogP contribution >= 0.6 is 0 Å². The number of hydrogen-bond donors (Lipinski definition) is 1. The Bertz CT molecular complexity index is 1090. The van der Waals surface area contributed by atoms with Gasteiger partial charge in [0.05, 0.1) is 5.56 Å². The maximum Gasteiger partial charge on any atom is 0.339 e. The summed E-state index contributed by atoms with van der Waals surface area (Å²) in [5, 5.41) is 2.74. The van der Waals surface area contributed by atoms with Crippen LogP contribution in [0.1, 0.15) is 51.3 Å². The number of rotatable bonds is 7. The van der Waals surface area contributed by atoms with Gasteiger partial charge >= 0.3 is 5.97 Å². The molecular weight excluding hydrogens is 390 g/mol. The summed E-state index contributed by atoms with van der Waals surface area (Å²) in [5.41, 5.74) is 3.66. The highest BCUT2D eigenvalue weighted by molar-refractivity contribution is 6.14. The molecule has 0 unspecified atom stereocenters. The van der Waals surface area contributed by atoms with Crippen LogP contribution < -0.4 is 5.32 Å². The lowest BCUT2D eigenvalue weighted by molar-refractivity contribution is -0.123. The molecule has 0 saturated heterocycles. The third-order valence-electron chi connectivity index (χ3n) is 4.99. The third-order valence-corrected chi connectivity index (χ3v) is 4.99. The SMILES string of the molecule is CCc1ccc(NC(=O)[C@@H](C)OC(=O)c2ccccc2C(=O)c2ccc(C)cc2)cc1. The number of hydrogen-bond acceptors (Lipinski definition) is 4. The van der Waals surface area contributed by atoms with Crippen LogP contribution in [0.3, 0.4) is 0 Å². The first kappa shape index (κ1) is 22.0. The fraction of sp³-hybridized carbons (Fsp3) is 0.192. The van der Waals surface area contributed by atoms with Crippen molar-refractivity contribution in [1.29, 1.82) is 0 Å². The molecule has 0 spiro atoms. The highest BCUT2D eigenvalue weighted by atomic mass is 16.5. The molecule has 0 radical (unpaired) electrons. The van der Waals surface area contributed by atoms with Gasteiger partial charge in [-0.15, -0.1) is 0 Å². The molecule has 5 heteroatoms. The van der Waals surface area contributed by atoms with Crippen LogP contribution in [-0.4, -0.2) is 23.8 Å². The lowest BCUT2D eigenvalue weighted by atomic mass is 9.98. The summed E-state index contributed by atoms with van der Waals surface area (Å²) < 4.78 is 5.36. The minimum Gasteiger partial charge on any atom is -0.449 e. The number of benzene rings is 3. The number of amides is 1. The molecule has 158 valence electrons. The van der Waals surface area contributed by atoms with E-state index in [9.17, 15) is 14.4 Å². The average molecular weight is 415 g/mol. The summed E-state index contributed by atoms with van der Waals surface area (Å²) in [7, 11) is 0. The second-order valence-electron chi connectivity index (χ2n) is 7.33. The first-order valence-corrected chi connectivity index (χ1v) is 10.2. The molecule has 0 aromatic heterocycles. The zero-order valence-corrected chi connectivity index (χ0v) is 17.8. The van der Waals surface area contributed by atoms with Crippen LogP contribution in [0.2, 0.25) is 0 Å². The zero-order chi connectivity index (χ0) is 22.4. The molecule has 1 amide bonds. The van der Waals surface area contributed by atoms with Crippen LogP contribution in [0, 0.1) is 6.92 Å². The van der Waals surface area contributed by atoms with E-state index >= 15 is 0 Å². The van der Waals surface area contributed by atoms with E-state index < -0.39 is 18.0 Å². The van der Waals surface area contributed by atoms with Crippen molar-refractivity contribution in [2.24, 2.45) is 0 Å². The fourth-order valence-electron chi connectivity index (χ4n) is 3.06. The Morgan fingerprint density at radius 3 is 2.10 bits per heavy atom. The van der Waals surface area contributed by atoms with Gasteiger partial charge in [0.25, 0.3) is 5.91 Å². The molecule has 3 aromatic carbocycles. The Kier molecular flexibility index (Phi) is 6.98. The summed E-state index contributed by atoms with van der Waals surface area (Å²) in [6.07, 6.45) is -0.121. The topological polar surface area (TPSA) is 72.5 Å². The molecule has 0 fully saturated rings. The predicted octanol–water partition coefficient (Wildman–Crippen LogP) is 4.97. The van der Waals surface area contributed by atoms with E-state index in [1.165, 1.54) is 13.0 Å². The van der Waals surface area contributed by atoms with Crippen molar-refractivity contribution >= 4 is 23.3 Å². The zero-order valence-electron chi connectivity index (χ0n) is 17.8. The number of carbonyl (C=O) groups is 3. The molecule has 0 heterocycles. The first-order chi connectivity index (χ1) is 14.9. The monoisotopic (exact) mass is 415 g/mol. The molecule has 0 aliphatic rings. The molecule has 1 N–H and O–H groups in total. The van der Waals surface area contributed by atoms with E-state index in [2.05, 4.69) is 12.2 Å². The molecule has 0 saturated carbocycles. The lowest BCUT2D eigenvalue weighted by Crippen LogP contribution is -2.30. The van der Waals surface area contributed by atoms with E-state index in [0.29, 0.717) is 11.3 Å². The number of aryl methyl sites for hydroxylation is 2. The summed E-state index contributed by atoms with van der Waals surface area (Å²) in [4.78, 5) is 38.1. The number of esters is 1. The van der Waals surface area contributed by atoms with E-state index in [1.54, 1.807) is 42.5 Å². The number of nitrogens with one attached hydrogen (secondary N) is 1. The second-order valence-corrected chi connectivity index (χ2v) is 7.33. The van der Waals surface area contributed by atoms with Crippen molar-refractivity contribution in [1.82, 2.24) is 0 Å². The van der Waals surface area contributed by atoms with Crippen molar-refractivity contribution in [2.75, 3.05) is 5.32 Å². The van der Waals surface area contributed by atoms with Gasteiger partial charge in [0.1, 0.15) is 0 Å². The molecule has 31 heavy (non-hydrogen) atoms. The molecule has 3 rings (SSSR count). The maximum atomic E-state index is 12.9. The number of ether oxygens (including phenoxy) is 1. The van der Waals surface area contributed by atoms with Gasteiger partial charge in [0.2, 0.25) is 0 Å². The number of ketones is 1. The maximum absolute atomic E-state index is 12.9. The quantitative estimate of drug-likeness (QED) is 0.437. The third kappa shape index (κ3) is 5.45. The van der Waals surface area contributed by atoms with E-state index in [-0.39, 0.29) is 16.9 Å². The normalized spacial score (nSPS) is 11.5. The average Bonchev–Trinajstić information content (AvgIpc) is 2.79. The van der Waals surface area contributed by atoms with Gasteiger partial charge in [-0.3, -0.25) is 9.59 Å². The number of carbonyl (C=O) groups excluding carboxylic acids is 3. The fourth-order valence-corrected chi connectivity index (χ4v) is 3.06. The molecular formula is C26H25NO4. The predicted molar refractivity (Wildman–Crippen MR) is 120 cm³/mol. The minimum atomic E-state index is -1.03. The van der Waals surface area contributed by atoms with Crippen molar-refractivity contribution in [3.63, 3.8) is 0 Å². The van der Waals surface area contributed by atoms with Gasteiger partial charge in [-0.1, -0.05) is 67.1 Å². The van der Waals surface area contributed by atoms with Crippen LogP contribution in [0.5, 0.6) is 0 Å². The van der Waals surface area contributed by atoms with Gasteiger partial charge in [-0.2, -0.15) is 0 Å². The summed E-state index contributed by atoms with van der Waals surface area (Å²) >= 11 is 0. The molecule has 0 aliphatic carbocycles. The van der Waals surface area contributed by atoms with Gasteiger partial charge < -0.3 is 10.1 Å². The summed E-state index contributed by atoms with van der Waals surface area (Å²) in [6, 6.07) is 21.0. The van der Waals surface area contributed by atoms with Gasteiger partial charge in [0.15, 0.2) is 11.9 Å². The Balaban J connectivity index is 1.71. The van der Waals surface area contributed by atoms with E-state index in [1.807, 2.05) is 31.2 Å². The highest BCUT2D eigenvalue weighted by Crippen LogP contribution is 2.18. The van der Waals surface area contributed by atoms with Crippen LogP contribution in [0.4, 0.5) is 5.69 Å². The summed E-state index contributed by atoms with van der Waals surface area (Å²) in [6.45, 7) is 5.48. The van der Waals surface area contributed by atoms with Crippen LogP contribution in [-0.2, 0) is 16.0 Å². The smallest absolute Gasteiger partial charge is 0.339 e. The van der Waals surface area contributed by atoms with Crippen LogP contribution in [0.15, 0.2) is 72.8 Å². The first-order valence-electron chi connectivity index (χ1n) is 10.2. The van der Waals surface area contributed by atoms with Crippen molar-refractivity contribution in [3.05, 3.63) is 101 Å². The standard InChI is InChI=1S/C26H25NO4/c1-4-19-11-15-21(16-12-19)27-25(29)18(3)31-26(30)23-8-6-5-7-22(23)24(28)20-13-9-17(2)10-14-20/h5-16,18H,4H2,1-3H3,(H,27,29)/t18-/m1/s1. The second kappa shape index (κ2) is 9.85. The number of anilines is 1. The lowest BCUT2D eigenvalue weighted by Gasteiger charge is -2.15. The summed E-state index contributed by atoms with van der Waals surface area (Å²) in [5.74, 6) is -1.44. The van der Waals surface area contributed by atoms with Gasteiger partial charge in [-0.25, -0.2) is 4.79 Å². The molecule has 0 aliphatic heterocycles. The van der Waals surface area contributed by atoms with E-state index in [4.69, 9.17) is 4.74 Å². The minimum absolute atomic E-state index is 0.125. The molecule has 5 nitrogen and oxygen atoms in total. The Morgan fingerprint density at radius 1 is 0.871 bits per heavy atom. The Morgan fingerprint density at radius 2 is 1.48 bits per heavy atom. The Hall–Kier alpha value is -3.73. The Labute approximate surface area is 182 Å². The molecule has 1 atom stereocenters. The van der Waals surface area contributed by atoms with Gasteiger partial charge in [-0.05, 0) is 44.0 Å². The molecule has 3 aromatic rings. The largest absolute Gasteiger partial charge is 0.449 e. The van der Waals surface area contributed by atoms with E-state index in [0.717, 1.165) is 17.5 Å². The van der Waals surface area contributed by atoms with Crippen LogP contribution in [0.25, 0.3) is 0 Å².